The van der Waals surface area contributed by atoms with Crippen molar-refractivity contribution in [3.63, 3.8) is 0 Å². The zero-order valence-corrected chi connectivity index (χ0v) is 27.3. The zero-order chi connectivity index (χ0) is 31.1. The molecule has 2 amide bonds. The molecule has 1 unspecified atom stereocenters. The van der Waals surface area contributed by atoms with Gasteiger partial charge in [-0.05, 0) is 68.1 Å². The molecule has 1 fully saturated rings. The fourth-order valence-corrected chi connectivity index (χ4v) is 7.36. The Hall–Kier alpha value is -2.78. The number of benzene rings is 3. The summed E-state index contributed by atoms with van der Waals surface area (Å²) in [6.07, 6.45) is 5.30. The second-order valence-electron chi connectivity index (χ2n) is 10.8. The van der Waals surface area contributed by atoms with E-state index in [0.717, 1.165) is 42.0 Å². The zero-order valence-electron chi connectivity index (χ0n) is 24.2. The van der Waals surface area contributed by atoms with Crippen LogP contribution in [0.2, 0.25) is 15.1 Å². The Morgan fingerprint density at radius 1 is 0.930 bits per heavy atom. The van der Waals surface area contributed by atoms with E-state index in [1.54, 1.807) is 36.4 Å². The summed E-state index contributed by atoms with van der Waals surface area (Å²) in [5.74, 6) is -0.860. The molecule has 0 aliphatic heterocycles. The first-order valence-electron chi connectivity index (χ1n) is 14.4. The molecule has 4 rings (SSSR count). The molecule has 1 aliphatic rings. The first-order valence-corrected chi connectivity index (χ1v) is 17.0. The van der Waals surface area contributed by atoms with Gasteiger partial charge in [0.05, 0.1) is 15.6 Å². The third-order valence-corrected chi connectivity index (χ3v) is 10.4. The molecule has 0 spiro atoms. The van der Waals surface area contributed by atoms with Gasteiger partial charge in [0.2, 0.25) is 11.8 Å². The number of amides is 2. The first-order chi connectivity index (χ1) is 20.5. The molecule has 3 aromatic carbocycles. The maximum atomic E-state index is 14.3. The SMILES string of the molecule is CCC(C(=O)NC1CCCCC1)N(Cc1ccccc1Cl)C(=O)CN(c1cc(Cl)ccc1Cl)S(=O)(=O)c1ccc(C)cc1. The molecule has 0 heterocycles. The maximum absolute atomic E-state index is 14.3. The van der Waals surface area contributed by atoms with E-state index in [4.69, 9.17) is 34.8 Å². The van der Waals surface area contributed by atoms with Gasteiger partial charge in [0.15, 0.2) is 0 Å². The predicted molar refractivity (Wildman–Crippen MR) is 173 cm³/mol. The van der Waals surface area contributed by atoms with Crippen LogP contribution < -0.4 is 9.62 Å². The number of aryl methyl sites for hydroxylation is 1. The number of hydrogen-bond donors (Lipinski definition) is 1. The number of rotatable bonds is 11. The summed E-state index contributed by atoms with van der Waals surface area (Å²) >= 11 is 19.3. The van der Waals surface area contributed by atoms with Gasteiger partial charge in [-0.3, -0.25) is 13.9 Å². The predicted octanol–water partition coefficient (Wildman–Crippen LogP) is 7.41. The Labute approximate surface area is 269 Å². The van der Waals surface area contributed by atoms with E-state index in [2.05, 4.69) is 5.32 Å². The van der Waals surface area contributed by atoms with E-state index in [9.17, 15) is 18.0 Å². The second kappa shape index (κ2) is 14.8. The average molecular weight is 665 g/mol. The first kappa shape index (κ1) is 33.1. The van der Waals surface area contributed by atoms with Gasteiger partial charge in [0, 0.05) is 22.6 Å². The molecule has 0 saturated heterocycles. The molecule has 1 atom stereocenters. The van der Waals surface area contributed by atoms with Gasteiger partial charge in [-0.25, -0.2) is 8.42 Å². The monoisotopic (exact) mass is 663 g/mol. The Kier molecular flexibility index (Phi) is 11.4. The van der Waals surface area contributed by atoms with E-state index in [1.165, 1.54) is 35.2 Å². The standard InChI is InChI=1S/C32H36Cl3N3O4S/c1-3-29(32(40)36-25-10-5-4-6-11-25)37(20-23-9-7-8-12-27(23)34)31(39)21-38(30-19-24(33)15-18-28(30)35)43(41,42)26-16-13-22(2)14-17-26/h7-9,12-19,25,29H,3-6,10-11,20-21H2,1-2H3,(H,36,40). The average Bonchev–Trinajstić information content (AvgIpc) is 2.98. The highest BCUT2D eigenvalue weighted by molar-refractivity contribution is 7.92. The third kappa shape index (κ3) is 8.24. The number of carbonyl (C=O) groups is 2. The summed E-state index contributed by atoms with van der Waals surface area (Å²) in [5.41, 5.74) is 1.57. The van der Waals surface area contributed by atoms with Gasteiger partial charge < -0.3 is 10.2 Å². The lowest BCUT2D eigenvalue weighted by Crippen LogP contribution is -2.54. The molecule has 0 aromatic heterocycles. The van der Waals surface area contributed by atoms with Gasteiger partial charge in [0.25, 0.3) is 10.0 Å². The van der Waals surface area contributed by atoms with Gasteiger partial charge in [0.1, 0.15) is 12.6 Å². The number of hydrogen-bond acceptors (Lipinski definition) is 4. The maximum Gasteiger partial charge on any atom is 0.264 e. The van der Waals surface area contributed by atoms with Crippen LogP contribution >= 0.6 is 34.8 Å². The van der Waals surface area contributed by atoms with Gasteiger partial charge >= 0.3 is 0 Å². The van der Waals surface area contributed by atoms with E-state index < -0.39 is 28.5 Å². The van der Waals surface area contributed by atoms with Crippen molar-refractivity contribution in [3.8, 4) is 0 Å². The second-order valence-corrected chi connectivity index (χ2v) is 13.9. The van der Waals surface area contributed by atoms with E-state index in [1.807, 2.05) is 13.8 Å². The molecule has 43 heavy (non-hydrogen) atoms. The fraction of sp³-hybridized carbons (Fsp3) is 0.375. The molecular weight excluding hydrogens is 629 g/mol. The van der Waals surface area contributed by atoms with Gasteiger partial charge in [-0.1, -0.05) is 96.9 Å². The Morgan fingerprint density at radius 2 is 1.60 bits per heavy atom. The molecule has 7 nitrogen and oxygen atoms in total. The lowest BCUT2D eigenvalue weighted by molar-refractivity contribution is -0.140. The molecule has 11 heteroatoms. The summed E-state index contributed by atoms with van der Waals surface area (Å²) in [6, 6.07) is 17.0. The molecule has 0 radical (unpaired) electrons. The summed E-state index contributed by atoms with van der Waals surface area (Å²) in [4.78, 5) is 29.3. The van der Waals surface area contributed by atoms with Crippen LogP contribution in [0.1, 0.15) is 56.6 Å². The largest absolute Gasteiger partial charge is 0.352 e. The van der Waals surface area contributed by atoms with Crippen LogP contribution in [0.5, 0.6) is 0 Å². The van der Waals surface area contributed by atoms with Crippen LogP contribution in [0.4, 0.5) is 5.69 Å². The number of carbonyl (C=O) groups excluding carboxylic acids is 2. The van der Waals surface area contributed by atoms with E-state index in [-0.39, 0.29) is 39.1 Å². The summed E-state index contributed by atoms with van der Waals surface area (Å²) in [7, 11) is -4.28. The highest BCUT2D eigenvalue weighted by Gasteiger charge is 2.35. The summed E-state index contributed by atoms with van der Waals surface area (Å²) < 4.78 is 29.1. The number of nitrogens with zero attached hydrogens (tertiary/aromatic N) is 2. The van der Waals surface area contributed by atoms with Crippen molar-refractivity contribution >= 4 is 62.3 Å². The summed E-state index contributed by atoms with van der Waals surface area (Å²) in [5, 5.41) is 3.92. The Balaban J connectivity index is 1.74. The Morgan fingerprint density at radius 3 is 2.26 bits per heavy atom. The molecule has 0 bridgehead atoms. The van der Waals surface area contributed by atoms with Crippen LogP contribution in [0, 0.1) is 6.92 Å². The van der Waals surface area contributed by atoms with Crippen LogP contribution in [0.15, 0.2) is 71.6 Å². The molecule has 1 saturated carbocycles. The number of halogens is 3. The minimum Gasteiger partial charge on any atom is -0.352 e. The number of anilines is 1. The number of nitrogens with one attached hydrogen (secondary N) is 1. The molecular formula is C32H36Cl3N3O4S. The van der Waals surface area contributed by atoms with Gasteiger partial charge in [-0.2, -0.15) is 0 Å². The minimum absolute atomic E-state index is 0.0107. The van der Waals surface area contributed by atoms with Crippen LogP contribution in [0.25, 0.3) is 0 Å². The minimum atomic E-state index is -4.28. The van der Waals surface area contributed by atoms with Crippen molar-refractivity contribution in [2.45, 2.75) is 75.9 Å². The van der Waals surface area contributed by atoms with Gasteiger partial charge in [-0.15, -0.1) is 0 Å². The van der Waals surface area contributed by atoms with E-state index >= 15 is 0 Å². The molecule has 1 N–H and O–H groups in total. The van der Waals surface area contributed by atoms with E-state index in [0.29, 0.717) is 17.0 Å². The smallest absolute Gasteiger partial charge is 0.264 e. The van der Waals surface area contributed by atoms with Crippen LogP contribution in [0.3, 0.4) is 0 Å². The topological polar surface area (TPSA) is 86.8 Å². The van der Waals surface area contributed by atoms with Crippen molar-refractivity contribution in [2.75, 3.05) is 10.8 Å². The Bertz CT molecular complexity index is 1540. The van der Waals surface area contributed by atoms with Crippen LogP contribution in [-0.2, 0) is 26.2 Å². The number of sulfonamides is 1. The fourth-order valence-electron chi connectivity index (χ4n) is 5.30. The lowest BCUT2D eigenvalue weighted by atomic mass is 9.95. The quantitative estimate of drug-likeness (QED) is 0.231. The van der Waals surface area contributed by atoms with Crippen molar-refractivity contribution < 1.29 is 18.0 Å². The highest BCUT2D eigenvalue weighted by atomic mass is 35.5. The van der Waals surface area contributed by atoms with Crippen LogP contribution in [-0.4, -0.2) is 43.8 Å². The molecule has 3 aromatic rings. The van der Waals surface area contributed by atoms with Crippen molar-refractivity contribution in [3.05, 3.63) is 92.9 Å². The lowest BCUT2D eigenvalue weighted by Gasteiger charge is -2.34. The normalized spacial score (nSPS) is 14.6. The third-order valence-electron chi connectivity index (χ3n) is 7.70. The molecule has 230 valence electrons. The van der Waals surface area contributed by atoms with Crippen molar-refractivity contribution in [1.82, 2.24) is 10.2 Å². The highest BCUT2D eigenvalue weighted by Crippen LogP contribution is 2.33. The van der Waals surface area contributed by atoms with Crippen molar-refractivity contribution in [2.24, 2.45) is 0 Å². The summed E-state index contributed by atoms with van der Waals surface area (Å²) in [6.45, 7) is 3.07. The van der Waals surface area contributed by atoms with Crippen molar-refractivity contribution in [1.29, 1.82) is 0 Å². The molecule has 1 aliphatic carbocycles.